The fourth-order valence-corrected chi connectivity index (χ4v) is 1.08. The first-order valence-electron chi connectivity index (χ1n) is 4.40. The summed E-state index contributed by atoms with van der Waals surface area (Å²) in [4.78, 5) is 17.0. The normalized spacial score (nSPS) is 11.9. The van der Waals surface area contributed by atoms with Crippen LogP contribution in [0.4, 0.5) is 0 Å². The third kappa shape index (κ3) is 3.78. The third-order valence-electron chi connectivity index (χ3n) is 1.78. The molecule has 0 aromatic rings. The van der Waals surface area contributed by atoms with Gasteiger partial charge in [0, 0.05) is 13.1 Å². The lowest BCUT2D eigenvalue weighted by Crippen LogP contribution is -2.38. The molecule has 0 radical (unpaired) electrons. The van der Waals surface area contributed by atoms with Crippen LogP contribution in [0.5, 0.6) is 0 Å². The van der Waals surface area contributed by atoms with Gasteiger partial charge >= 0.3 is 0 Å². The Labute approximate surface area is 78.8 Å². The second-order valence-corrected chi connectivity index (χ2v) is 2.74. The van der Waals surface area contributed by atoms with Gasteiger partial charge in [0.15, 0.2) is 5.96 Å². The predicted octanol–water partition coefficient (Wildman–Crippen LogP) is -0.483. The molecule has 5 nitrogen and oxygen atoms in total. The fourth-order valence-electron chi connectivity index (χ4n) is 1.08. The highest BCUT2D eigenvalue weighted by atomic mass is 16.2. The van der Waals surface area contributed by atoms with E-state index in [0.29, 0.717) is 13.1 Å². The van der Waals surface area contributed by atoms with Crippen molar-refractivity contribution in [1.29, 1.82) is 0 Å². The van der Waals surface area contributed by atoms with E-state index in [4.69, 9.17) is 11.5 Å². The van der Waals surface area contributed by atoms with E-state index in [9.17, 15) is 4.79 Å². The van der Waals surface area contributed by atoms with Gasteiger partial charge in [0.05, 0.1) is 0 Å². The summed E-state index contributed by atoms with van der Waals surface area (Å²) in [5, 5.41) is 0. The van der Waals surface area contributed by atoms with Crippen LogP contribution >= 0.6 is 0 Å². The maximum atomic E-state index is 11.5. The van der Waals surface area contributed by atoms with Crippen LogP contribution in [0.1, 0.15) is 20.8 Å². The molecule has 1 atom stereocenters. The lowest BCUT2D eigenvalue weighted by molar-refractivity contribution is -0.131. The van der Waals surface area contributed by atoms with Crippen molar-refractivity contribution in [2.75, 3.05) is 13.1 Å². The minimum Gasteiger partial charge on any atom is -0.370 e. The highest BCUT2D eigenvalue weighted by Gasteiger charge is 2.16. The van der Waals surface area contributed by atoms with Crippen LogP contribution in [0.25, 0.3) is 0 Å². The third-order valence-corrected chi connectivity index (χ3v) is 1.78. The van der Waals surface area contributed by atoms with E-state index in [1.807, 2.05) is 13.8 Å². The number of hydrogen-bond donors (Lipinski definition) is 2. The van der Waals surface area contributed by atoms with Gasteiger partial charge in [-0.3, -0.25) is 4.79 Å². The van der Waals surface area contributed by atoms with Gasteiger partial charge < -0.3 is 16.4 Å². The Morgan fingerprint density at radius 3 is 2.15 bits per heavy atom. The lowest BCUT2D eigenvalue weighted by Gasteiger charge is -2.20. The molecule has 0 aliphatic heterocycles. The van der Waals surface area contributed by atoms with Crippen LogP contribution in [-0.2, 0) is 4.79 Å². The zero-order valence-electron chi connectivity index (χ0n) is 8.45. The van der Waals surface area contributed by atoms with Gasteiger partial charge in [0.1, 0.15) is 6.04 Å². The van der Waals surface area contributed by atoms with Gasteiger partial charge in [-0.15, -0.1) is 0 Å². The molecule has 0 fully saturated rings. The van der Waals surface area contributed by atoms with E-state index in [0.717, 1.165) is 0 Å². The fraction of sp³-hybridized carbons (Fsp3) is 0.750. The topological polar surface area (TPSA) is 84.7 Å². The number of carbonyl (C=O) groups excluding carboxylic acids is 1. The molecule has 0 rings (SSSR count). The van der Waals surface area contributed by atoms with Crippen LogP contribution in [-0.4, -0.2) is 35.9 Å². The molecule has 0 heterocycles. The summed E-state index contributed by atoms with van der Waals surface area (Å²) < 4.78 is 0. The number of carbonyl (C=O) groups is 1. The van der Waals surface area contributed by atoms with Crippen LogP contribution in [0.15, 0.2) is 4.99 Å². The second kappa shape index (κ2) is 5.40. The molecule has 0 aliphatic rings. The minimum absolute atomic E-state index is 0.0431. The predicted molar refractivity (Wildman–Crippen MR) is 53.2 cm³/mol. The van der Waals surface area contributed by atoms with Crippen molar-refractivity contribution in [3.8, 4) is 0 Å². The SMILES string of the molecule is CCN(CC)C(=O)C(C)N=C(N)N. The number of amides is 1. The van der Waals surface area contributed by atoms with Gasteiger partial charge in [-0.1, -0.05) is 0 Å². The molecule has 76 valence electrons. The lowest BCUT2D eigenvalue weighted by atomic mass is 10.3. The Kier molecular flexibility index (Phi) is 4.87. The number of aliphatic imine (C=N–C) groups is 1. The maximum absolute atomic E-state index is 11.5. The summed E-state index contributed by atoms with van der Waals surface area (Å²) in [5.41, 5.74) is 10.3. The molecule has 0 aromatic carbocycles. The van der Waals surface area contributed by atoms with Crippen LogP contribution in [0, 0.1) is 0 Å². The average Bonchev–Trinajstić information content (AvgIpc) is 2.05. The van der Waals surface area contributed by atoms with Crippen molar-refractivity contribution < 1.29 is 4.79 Å². The van der Waals surface area contributed by atoms with Gasteiger partial charge in [-0.2, -0.15) is 0 Å². The van der Waals surface area contributed by atoms with E-state index in [2.05, 4.69) is 4.99 Å². The number of likely N-dealkylation sites (N-methyl/N-ethyl adjacent to an activating group) is 1. The first kappa shape index (κ1) is 11.7. The molecule has 13 heavy (non-hydrogen) atoms. The quantitative estimate of drug-likeness (QED) is 0.459. The zero-order chi connectivity index (χ0) is 10.4. The Morgan fingerprint density at radius 2 is 1.85 bits per heavy atom. The molecule has 0 bridgehead atoms. The molecule has 0 spiro atoms. The maximum Gasteiger partial charge on any atom is 0.247 e. The van der Waals surface area contributed by atoms with Gasteiger partial charge in [0.25, 0.3) is 0 Å². The van der Waals surface area contributed by atoms with Crippen molar-refractivity contribution in [1.82, 2.24) is 4.90 Å². The smallest absolute Gasteiger partial charge is 0.247 e. The largest absolute Gasteiger partial charge is 0.370 e. The van der Waals surface area contributed by atoms with Crippen molar-refractivity contribution in [3.05, 3.63) is 0 Å². The summed E-state index contributed by atoms with van der Waals surface area (Å²) in [7, 11) is 0. The van der Waals surface area contributed by atoms with Crippen LogP contribution in [0.2, 0.25) is 0 Å². The second-order valence-electron chi connectivity index (χ2n) is 2.74. The summed E-state index contributed by atoms with van der Waals surface area (Å²) in [6.45, 7) is 6.88. The summed E-state index contributed by atoms with van der Waals surface area (Å²) in [5.74, 6) is -0.0913. The Morgan fingerprint density at radius 1 is 1.38 bits per heavy atom. The van der Waals surface area contributed by atoms with Crippen molar-refractivity contribution in [3.63, 3.8) is 0 Å². The Hall–Kier alpha value is -1.26. The van der Waals surface area contributed by atoms with E-state index in [-0.39, 0.29) is 11.9 Å². The van der Waals surface area contributed by atoms with Crippen molar-refractivity contribution >= 4 is 11.9 Å². The molecule has 0 aliphatic carbocycles. The standard InChI is InChI=1S/C8H18N4O/c1-4-12(5-2)7(13)6(3)11-8(9)10/h6H,4-5H2,1-3H3,(H4,9,10,11). The molecule has 1 unspecified atom stereocenters. The minimum atomic E-state index is -0.482. The van der Waals surface area contributed by atoms with Crippen molar-refractivity contribution in [2.45, 2.75) is 26.8 Å². The molecule has 4 N–H and O–H groups in total. The monoisotopic (exact) mass is 186 g/mol. The average molecular weight is 186 g/mol. The van der Waals surface area contributed by atoms with Gasteiger partial charge in [-0.05, 0) is 20.8 Å². The number of hydrogen-bond acceptors (Lipinski definition) is 2. The Bertz CT molecular complexity index is 194. The first-order chi connectivity index (χ1) is 6.02. The summed E-state index contributed by atoms with van der Waals surface area (Å²) >= 11 is 0. The number of rotatable bonds is 4. The van der Waals surface area contributed by atoms with Crippen LogP contribution in [0.3, 0.4) is 0 Å². The first-order valence-corrected chi connectivity index (χ1v) is 4.40. The van der Waals surface area contributed by atoms with E-state index in [1.165, 1.54) is 0 Å². The molecule has 5 heteroatoms. The molecule has 0 aromatic heterocycles. The van der Waals surface area contributed by atoms with Gasteiger partial charge in [0.2, 0.25) is 5.91 Å². The Balaban J connectivity index is 4.32. The van der Waals surface area contributed by atoms with E-state index < -0.39 is 6.04 Å². The number of guanidine groups is 1. The highest BCUT2D eigenvalue weighted by molar-refractivity contribution is 5.85. The highest BCUT2D eigenvalue weighted by Crippen LogP contribution is 1.97. The van der Waals surface area contributed by atoms with E-state index in [1.54, 1.807) is 11.8 Å². The zero-order valence-corrected chi connectivity index (χ0v) is 8.45. The summed E-state index contributed by atoms with van der Waals surface area (Å²) in [6, 6.07) is -0.482. The molecule has 0 saturated heterocycles. The van der Waals surface area contributed by atoms with E-state index >= 15 is 0 Å². The summed E-state index contributed by atoms with van der Waals surface area (Å²) in [6.07, 6.45) is 0. The van der Waals surface area contributed by atoms with Gasteiger partial charge in [-0.25, -0.2) is 4.99 Å². The van der Waals surface area contributed by atoms with Crippen molar-refractivity contribution in [2.24, 2.45) is 16.5 Å². The van der Waals surface area contributed by atoms with Crippen LogP contribution < -0.4 is 11.5 Å². The molecule has 0 saturated carbocycles. The molecular formula is C8H18N4O. The number of nitrogens with zero attached hydrogens (tertiary/aromatic N) is 2. The molecular weight excluding hydrogens is 168 g/mol. The molecule has 1 amide bonds. The number of nitrogens with two attached hydrogens (primary N) is 2.